The molecule has 0 saturated carbocycles. The van der Waals surface area contributed by atoms with Crippen molar-refractivity contribution in [3.8, 4) is 17.6 Å². The Balaban J connectivity index is 1.81. The molecule has 8 heteroatoms. The fraction of sp³-hybridized carbons (Fsp3) is 0.391. The molecule has 2 aromatic carbocycles. The second-order valence-electron chi connectivity index (χ2n) is 7.36. The molecule has 6 nitrogen and oxygen atoms in total. The highest BCUT2D eigenvalue weighted by Gasteiger charge is 2.37. The Kier molecular flexibility index (Phi) is 7.42. The molecule has 0 amide bonds. The monoisotopic (exact) mass is 430 g/mol. The Morgan fingerprint density at radius 1 is 1.16 bits per heavy atom. The number of carbonyl (C=O) groups is 1. The summed E-state index contributed by atoms with van der Waals surface area (Å²) < 4.78 is 40.8. The number of benzene rings is 2. The van der Waals surface area contributed by atoms with Gasteiger partial charge in [0.25, 0.3) is 0 Å². The van der Waals surface area contributed by atoms with Crippen LogP contribution < -0.4 is 9.47 Å². The van der Waals surface area contributed by atoms with E-state index in [-0.39, 0.29) is 30.6 Å². The summed E-state index contributed by atoms with van der Waals surface area (Å²) in [6.07, 6.45) is 0.987. The number of ether oxygens (including phenoxy) is 3. The number of likely N-dealkylation sites (tertiary alicyclic amines) is 1. The zero-order valence-corrected chi connectivity index (χ0v) is 17.2. The summed E-state index contributed by atoms with van der Waals surface area (Å²) in [5.41, 5.74) is 0.750. The molecule has 0 radical (unpaired) electrons. The molecule has 0 aliphatic carbocycles. The lowest BCUT2D eigenvalue weighted by molar-refractivity contribution is -0.142. The Bertz CT molecular complexity index is 923. The van der Waals surface area contributed by atoms with Gasteiger partial charge in [-0.15, -0.1) is 0 Å². The van der Waals surface area contributed by atoms with Gasteiger partial charge >= 0.3 is 12.6 Å². The van der Waals surface area contributed by atoms with Crippen molar-refractivity contribution in [1.29, 1.82) is 5.26 Å². The van der Waals surface area contributed by atoms with Crippen LogP contribution in [-0.4, -0.2) is 44.2 Å². The number of piperidine rings is 1. The van der Waals surface area contributed by atoms with Crippen LogP contribution in [0.2, 0.25) is 0 Å². The first-order valence-electron chi connectivity index (χ1n) is 9.92. The summed E-state index contributed by atoms with van der Waals surface area (Å²) in [6, 6.07) is 16.4. The van der Waals surface area contributed by atoms with Gasteiger partial charge in [-0.3, -0.25) is 9.69 Å². The van der Waals surface area contributed by atoms with Gasteiger partial charge in [0.15, 0.2) is 11.5 Å². The van der Waals surface area contributed by atoms with Gasteiger partial charge in [0.05, 0.1) is 25.1 Å². The number of nitriles is 1. The van der Waals surface area contributed by atoms with E-state index in [1.54, 1.807) is 12.1 Å². The second-order valence-corrected chi connectivity index (χ2v) is 7.36. The first-order chi connectivity index (χ1) is 15.0. The summed E-state index contributed by atoms with van der Waals surface area (Å²) in [5, 5.41) is 9.97. The SMILES string of the molecule is COC(=O)CN1CCC(C#N)(c2ccc(OC(F)F)c(OCc3ccccc3)c2)CC1. The highest BCUT2D eigenvalue weighted by atomic mass is 19.3. The van der Waals surface area contributed by atoms with Crippen LogP contribution in [0.15, 0.2) is 48.5 Å². The van der Waals surface area contributed by atoms with Gasteiger partial charge in [-0.05, 0) is 36.1 Å². The van der Waals surface area contributed by atoms with Crippen molar-refractivity contribution in [2.75, 3.05) is 26.7 Å². The summed E-state index contributed by atoms with van der Waals surface area (Å²) in [5.74, 6) is -0.242. The third kappa shape index (κ3) is 5.70. The average molecular weight is 430 g/mol. The number of carbonyl (C=O) groups excluding carboxylic acids is 1. The normalized spacial score (nSPS) is 15.8. The second kappa shape index (κ2) is 10.2. The van der Waals surface area contributed by atoms with Crippen molar-refractivity contribution in [3.05, 3.63) is 59.7 Å². The summed E-state index contributed by atoms with van der Waals surface area (Å²) >= 11 is 0. The van der Waals surface area contributed by atoms with Crippen molar-refractivity contribution in [3.63, 3.8) is 0 Å². The van der Waals surface area contributed by atoms with Gasteiger partial charge in [-0.25, -0.2) is 0 Å². The molecule has 3 rings (SSSR count). The van der Waals surface area contributed by atoms with Crippen LogP contribution in [0.1, 0.15) is 24.0 Å². The molecule has 0 bridgehead atoms. The lowest BCUT2D eigenvalue weighted by atomic mass is 9.74. The predicted molar refractivity (Wildman–Crippen MR) is 109 cm³/mol. The smallest absolute Gasteiger partial charge is 0.387 e. The molecule has 1 aliphatic rings. The van der Waals surface area contributed by atoms with E-state index < -0.39 is 12.0 Å². The van der Waals surface area contributed by atoms with Crippen molar-refractivity contribution in [2.24, 2.45) is 0 Å². The molecule has 0 unspecified atom stereocenters. The van der Waals surface area contributed by atoms with E-state index in [9.17, 15) is 18.8 Å². The Morgan fingerprint density at radius 2 is 1.87 bits per heavy atom. The molecule has 0 spiro atoms. The molecule has 31 heavy (non-hydrogen) atoms. The van der Waals surface area contributed by atoms with Gasteiger partial charge in [0.2, 0.25) is 0 Å². The molecule has 1 saturated heterocycles. The van der Waals surface area contributed by atoms with Crippen LogP contribution in [0, 0.1) is 11.3 Å². The highest BCUT2D eigenvalue weighted by molar-refractivity contribution is 5.71. The van der Waals surface area contributed by atoms with Crippen LogP contribution in [0.25, 0.3) is 0 Å². The van der Waals surface area contributed by atoms with Gasteiger partial charge in [0.1, 0.15) is 6.61 Å². The van der Waals surface area contributed by atoms with E-state index in [4.69, 9.17) is 9.47 Å². The number of nitrogens with zero attached hydrogens (tertiary/aromatic N) is 2. The molecule has 164 valence electrons. The lowest BCUT2D eigenvalue weighted by Gasteiger charge is -2.37. The van der Waals surface area contributed by atoms with Crippen molar-refractivity contribution < 1.29 is 27.8 Å². The molecule has 1 aliphatic heterocycles. The maximum absolute atomic E-state index is 12.9. The third-order valence-electron chi connectivity index (χ3n) is 5.45. The first-order valence-corrected chi connectivity index (χ1v) is 9.92. The van der Waals surface area contributed by atoms with Crippen LogP contribution >= 0.6 is 0 Å². The van der Waals surface area contributed by atoms with Gasteiger partial charge < -0.3 is 14.2 Å². The number of esters is 1. The van der Waals surface area contributed by atoms with Gasteiger partial charge in [-0.1, -0.05) is 36.4 Å². The third-order valence-corrected chi connectivity index (χ3v) is 5.45. The average Bonchev–Trinajstić information content (AvgIpc) is 2.79. The van der Waals surface area contributed by atoms with E-state index in [0.29, 0.717) is 31.5 Å². The molecule has 0 aromatic heterocycles. The van der Waals surface area contributed by atoms with E-state index in [1.165, 1.54) is 13.2 Å². The molecule has 0 atom stereocenters. The maximum atomic E-state index is 12.9. The summed E-state index contributed by atoms with van der Waals surface area (Å²) in [6.45, 7) is -1.56. The Hall–Kier alpha value is -3.18. The Morgan fingerprint density at radius 3 is 2.48 bits per heavy atom. The van der Waals surface area contributed by atoms with Gasteiger partial charge in [0, 0.05) is 13.1 Å². The number of rotatable bonds is 8. The minimum Gasteiger partial charge on any atom is -0.485 e. The van der Waals surface area contributed by atoms with Crippen LogP contribution in [-0.2, 0) is 21.6 Å². The minimum absolute atomic E-state index is 0.0779. The number of alkyl halides is 2. The molecule has 2 aromatic rings. The number of methoxy groups -OCH3 is 1. The van der Waals surface area contributed by atoms with Crippen LogP contribution in [0.5, 0.6) is 11.5 Å². The standard InChI is InChI=1S/C23H24F2N2O4/c1-29-21(28)14-27-11-9-23(16-26,10-12-27)18-7-8-19(31-22(24)25)20(13-18)30-15-17-5-3-2-4-6-17/h2-8,13,22H,9-12,14-15H2,1H3. The first kappa shape index (κ1) is 22.5. The fourth-order valence-electron chi connectivity index (χ4n) is 3.65. The number of hydrogen-bond donors (Lipinski definition) is 0. The number of hydrogen-bond acceptors (Lipinski definition) is 6. The summed E-state index contributed by atoms with van der Waals surface area (Å²) in [4.78, 5) is 13.5. The molecular formula is C23H24F2N2O4. The Labute approximate surface area is 179 Å². The van der Waals surface area contributed by atoms with Crippen LogP contribution in [0.3, 0.4) is 0 Å². The van der Waals surface area contributed by atoms with E-state index in [2.05, 4.69) is 10.8 Å². The van der Waals surface area contributed by atoms with Gasteiger partial charge in [-0.2, -0.15) is 14.0 Å². The topological polar surface area (TPSA) is 71.8 Å². The molecule has 1 heterocycles. The van der Waals surface area contributed by atoms with E-state index in [0.717, 1.165) is 5.56 Å². The molecule has 0 N–H and O–H groups in total. The quantitative estimate of drug-likeness (QED) is 0.592. The zero-order chi connectivity index (χ0) is 22.3. The largest absolute Gasteiger partial charge is 0.485 e. The fourth-order valence-corrected chi connectivity index (χ4v) is 3.65. The molecular weight excluding hydrogens is 406 g/mol. The lowest BCUT2D eigenvalue weighted by Crippen LogP contribution is -2.44. The zero-order valence-electron chi connectivity index (χ0n) is 17.2. The van der Waals surface area contributed by atoms with E-state index >= 15 is 0 Å². The maximum Gasteiger partial charge on any atom is 0.387 e. The van der Waals surface area contributed by atoms with Crippen LogP contribution in [0.4, 0.5) is 8.78 Å². The number of halogens is 2. The van der Waals surface area contributed by atoms with Crippen molar-refractivity contribution in [2.45, 2.75) is 31.5 Å². The summed E-state index contributed by atoms with van der Waals surface area (Å²) in [7, 11) is 1.34. The molecule has 1 fully saturated rings. The van der Waals surface area contributed by atoms with Crippen molar-refractivity contribution >= 4 is 5.97 Å². The van der Waals surface area contributed by atoms with Crippen molar-refractivity contribution in [1.82, 2.24) is 4.90 Å². The minimum atomic E-state index is -2.99. The predicted octanol–water partition coefficient (Wildman–Crippen LogP) is 3.90. The highest BCUT2D eigenvalue weighted by Crippen LogP contribution is 2.40. The van der Waals surface area contributed by atoms with E-state index in [1.807, 2.05) is 35.2 Å².